The van der Waals surface area contributed by atoms with E-state index in [4.69, 9.17) is 10.8 Å². The number of allylic oxidation sites excluding steroid dienone is 2. The third kappa shape index (κ3) is 19.2. The van der Waals surface area contributed by atoms with Crippen LogP contribution in [0.2, 0.25) is 0 Å². The van der Waals surface area contributed by atoms with Gasteiger partial charge in [0.1, 0.15) is 0 Å². The van der Waals surface area contributed by atoms with Crippen molar-refractivity contribution in [2.24, 2.45) is 11.7 Å². The number of nitrogens with two attached hydrogens (primary N) is 1. The Morgan fingerprint density at radius 3 is 1.79 bits per heavy atom. The normalized spacial score (nSPS) is 12.8. The van der Waals surface area contributed by atoms with Crippen LogP contribution in [-0.4, -0.2) is 17.6 Å². The molecule has 1 unspecified atom stereocenters. The number of carbonyl (C=O) groups is 1. The van der Waals surface area contributed by atoms with Crippen LogP contribution in [0.15, 0.2) is 12.2 Å². The predicted octanol–water partition coefficient (Wildman–Crippen LogP) is 5.51. The fraction of sp³-hybridized carbons (Fsp3) is 0.857. The Labute approximate surface area is 150 Å². The number of aliphatic hydroxyl groups is 1. The van der Waals surface area contributed by atoms with E-state index >= 15 is 0 Å². The molecule has 142 valence electrons. The van der Waals surface area contributed by atoms with E-state index in [2.05, 4.69) is 19.1 Å². The molecule has 1 amide bonds. The van der Waals surface area contributed by atoms with Crippen molar-refractivity contribution in [1.82, 2.24) is 0 Å². The molecule has 0 heterocycles. The van der Waals surface area contributed by atoms with Crippen LogP contribution in [0.25, 0.3) is 0 Å². The Balaban J connectivity index is 3.12. The summed E-state index contributed by atoms with van der Waals surface area (Å²) in [4.78, 5) is 10.6. The van der Waals surface area contributed by atoms with Gasteiger partial charge in [-0.2, -0.15) is 0 Å². The highest BCUT2D eigenvalue weighted by molar-refractivity contribution is 5.73. The van der Waals surface area contributed by atoms with Crippen LogP contribution in [-0.2, 0) is 4.79 Å². The molecule has 0 fully saturated rings. The summed E-state index contributed by atoms with van der Waals surface area (Å²) in [5.41, 5.74) is 5.12. The number of rotatable bonds is 18. The van der Waals surface area contributed by atoms with Gasteiger partial charge in [0.15, 0.2) is 0 Å². The highest BCUT2D eigenvalue weighted by Crippen LogP contribution is 2.12. The van der Waals surface area contributed by atoms with Crippen LogP contribution < -0.4 is 5.73 Å². The molecule has 0 rings (SSSR count). The molecule has 1 atom stereocenters. The van der Waals surface area contributed by atoms with Gasteiger partial charge in [0, 0.05) is 13.0 Å². The monoisotopic (exact) mass is 339 g/mol. The summed E-state index contributed by atoms with van der Waals surface area (Å²) in [5, 5.41) is 8.95. The minimum absolute atomic E-state index is 0.168. The Bertz CT molecular complexity index is 302. The van der Waals surface area contributed by atoms with E-state index in [9.17, 15) is 4.79 Å². The molecule has 0 aromatic carbocycles. The molecule has 0 saturated carbocycles. The van der Waals surface area contributed by atoms with Crippen molar-refractivity contribution in [1.29, 1.82) is 0 Å². The Morgan fingerprint density at radius 1 is 0.833 bits per heavy atom. The second kappa shape index (κ2) is 18.5. The first-order chi connectivity index (χ1) is 11.7. The van der Waals surface area contributed by atoms with E-state index in [0.717, 1.165) is 19.3 Å². The van der Waals surface area contributed by atoms with Gasteiger partial charge in [-0.15, -0.1) is 0 Å². The lowest BCUT2D eigenvalue weighted by molar-refractivity contribution is -0.118. The molecular formula is C21H41NO2. The van der Waals surface area contributed by atoms with E-state index < -0.39 is 0 Å². The maximum atomic E-state index is 10.6. The number of unbranched alkanes of at least 4 members (excludes halogenated alkanes) is 11. The average molecular weight is 340 g/mol. The van der Waals surface area contributed by atoms with E-state index in [-0.39, 0.29) is 5.91 Å². The third-order valence-corrected chi connectivity index (χ3v) is 4.59. The maximum absolute atomic E-state index is 10.6. The molecule has 0 radical (unpaired) electrons. The Morgan fingerprint density at radius 2 is 1.29 bits per heavy atom. The summed E-state index contributed by atoms with van der Waals surface area (Å²) in [6, 6.07) is 0. The molecule has 0 spiro atoms. The number of aliphatic hydroxyl groups excluding tert-OH is 1. The van der Waals surface area contributed by atoms with Crippen LogP contribution in [0.1, 0.15) is 103 Å². The predicted molar refractivity (Wildman–Crippen MR) is 104 cm³/mol. The molecule has 3 heteroatoms. The van der Waals surface area contributed by atoms with Gasteiger partial charge in [-0.3, -0.25) is 4.79 Å². The lowest BCUT2D eigenvalue weighted by Crippen LogP contribution is -2.09. The summed E-state index contributed by atoms with van der Waals surface area (Å²) >= 11 is 0. The molecule has 0 aliphatic heterocycles. The van der Waals surface area contributed by atoms with Crippen LogP contribution in [0.4, 0.5) is 0 Å². The van der Waals surface area contributed by atoms with Crippen molar-refractivity contribution in [3.05, 3.63) is 12.2 Å². The second-order valence-corrected chi connectivity index (χ2v) is 7.23. The minimum Gasteiger partial charge on any atom is -0.396 e. The van der Waals surface area contributed by atoms with Crippen molar-refractivity contribution in [3.63, 3.8) is 0 Å². The van der Waals surface area contributed by atoms with Crippen LogP contribution in [0, 0.1) is 5.92 Å². The van der Waals surface area contributed by atoms with Crippen LogP contribution in [0.5, 0.6) is 0 Å². The number of amides is 1. The number of primary amides is 1. The highest BCUT2D eigenvalue weighted by Gasteiger charge is 1.98. The molecule has 0 aromatic heterocycles. The van der Waals surface area contributed by atoms with Crippen molar-refractivity contribution in [2.45, 2.75) is 103 Å². The quantitative estimate of drug-likeness (QED) is 0.255. The fourth-order valence-corrected chi connectivity index (χ4v) is 2.88. The first kappa shape index (κ1) is 23.2. The van der Waals surface area contributed by atoms with Gasteiger partial charge in [0.25, 0.3) is 0 Å². The van der Waals surface area contributed by atoms with Gasteiger partial charge < -0.3 is 10.8 Å². The molecule has 3 N–H and O–H groups in total. The molecular weight excluding hydrogens is 298 g/mol. The van der Waals surface area contributed by atoms with Gasteiger partial charge in [-0.1, -0.05) is 70.4 Å². The molecule has 0 bridgehead atoms. The SMILES string of the molecule is CC(CO)CCCCCC/C=C/CCCCCCCCCC(N)=O. The Kier molecular flexibility index (Phi) is 17.9. The zero-order valence-corrected chi connectivity index (χ0v) is 16.0. The van der Waals surface area contributed by atoms with E-state index in [1.54, 1.807) is 0 Å². The van der Waals surface area contributed by atoms with Crippen molar-refractivity contribution >= 4 is 5.91 Å². The average Bonchev–Trinajstić information content (AvgIpc) is 2.57. The third-order valence-electron chi connectivity index (χ3n) is 4.59. The van der Waals surface area contributed by atoms with Gasteiger partial charge in [0.05, 0.1) is 0 Å². The van der Waals surface area contributed by atoms with E-state index in [1.165, 1.54) is 70.6 Å². The summed E-state index contributed by atoms with van der Waals surface area (Å²) in [6.45, 7) is 2.45. The van der Waals surface area contributed by atoms with Gasteiger partial charge in [-0.25, -0.2) is 0 Å². The van der Waals surface area contributed by atoms with Crippen molar-refractivity contribution in [3.8, 4) is 0 Å². The summed E-state index contributed by atoms with van der Waals surface area (Å²) in [5.74, 6) is 0.304. The standard InChI is InChI=1S/C21H41NO2/c1-20(19-23)17-15-13-11-9-7-5-3-2-4-6-8-10-12-14-16-18-21(22)24/h3,5,20,23H,2,4,6-19H2,1H3,(H2,22,24)/b5-3+. The van der Waals surface area contributed by atoms with E-state index in [1.807, 2.05) is 0 Å². The van der Waals surface area contributed by atoms with Crippen LogP contribution in [0.3, 0.4) is 0 Å². The van der Waals surface area contributed by atoms with Crippen molar-refractivity contribution < 1.29 is 9.90 Å². The van der Waals surface area contributed by atoms with Crippen LogP contribution >= 0.6 is 0 Å². The number of hydrogen-bond acceptors (Lipinski definition) is 2. The Hall–Kier alpha value is -0.830. The molecule has 24 heavy (non-hydrogen) atoms. The summed E-state index contributed by atoms with van der Waals surface area (Å²) in [6.07, 6.45) is 22.6. The van der Waals surface area contributed by atoms with Gasteiger partial charge >= 0.3 is 0 Å². The smallest absolute Gasteiger partial charge is 0.217 e. The highest BCUT2D eigenvalue weighted by atomic mass is 16.3. The van der Waals surface area contributed by atoms with E-state index in [0.29, 0.717) is 18.9 Å². The number of carbonyl (C=O) groups excluding carboxylic acids is 1. The largest absolute Gasteiger partial charge is 0.396 e. The number of hydrogen-bond donors (Lipinski definition) is 2. The van der Waals surface area contributed by atoms with Gasteiger partial charge in [0.2, 0.25) is 5.91 Å². The molecule has 0 saturated heterocycles. The second-order valence-electron chi connectivity index (χ2n) is 7.23. The molecule has 0 aromatic rings. The summed E-state index contributed by atoms with van der Waals surface area (Å²) in [7, 11) is 0. The zero-order valence-electron chi connectivity index (χ0n) is 16.0. The minimum atomic E-state index is -0.168. The first-order valence-corrected chi connectivity index (χ1v) is 10.2. The molecule has 0 aliphatic rings. The zero-order chi connectivity index (χ0) is 17.9. The summed E-state index contributed by atoms with van der Waals surface area (Å²) < 4.78 is 0. The lowest BCUT2D eigenvalue weighted by Gasteiger charge is -2.06. The first-order valence-electron chi connectivity index (χ1n) is 10.2. The lowest BCUT2D eigenvalue weighted by atomic mass is 10.0. The molecule has 3 nitrogen and oxygen atoms in total. The molecule has 0 aliphatic carbocycles. The topological polar surface area (TPSA) is 63.3 Å². The van der Waals surface area contributed by atoms with Crippen molar-refractivity contribution in [2.75, 3.05) is 6.61 Å². The maximum Gasteiger partial charge on any atom is 0.217 e. The fourth-order valence-electron chi connectivity index (χ4n) is 2.88. The van der Waals surface area contributed by atoms with Gasteiger partial charge in [-0.05, 0) is 44.4 Å².